The molecule has 2 unspecified atom stereocenters. The van der Waals surface area contributed by atoms with E-state index in [-0.39, 0.29) is 0 Å². The summed E-state index contributed by atoms with van der Waals surface area (Å²) in [5, 5.41) is 1.31. The molecule has 1 aliphatic carbocycles. The number of alkyl halides is 1. The molecule has 3 heteroatoms. The maximum atomic E-state index is 5.99. The maximum absolute atomic E-state index is 5.99. The van der Waals surface area contributed by atoms with E-state index in [2.05, 4.69) is 22.0 Å². The second-order valence-corrected chi connectivity index (χ2v) is 6.34. The molecule has 0 bridgehead atoms. The van der Waals surface area contributed by atoms with E-state index >= 15 is 0 Å². The molecule has 1 aliphatic rings. The lowest BCUT2D eigenvalue weighted by molar-refractivity contribution is 0.548. The zero-order valence-electron chi connectivity index (χ0n) is 8.35. The molecular formula is C12H13BrCl2. The Kier molecular flexibility index (Phi) is 3.98. The fourth-order valence-corrected chi connectivity index (χ4v) is 3.31. The van der Waals surface area contributed by atoms with Crippen LogP contribution in [-0.4, -0.2) is 4.83 Å². The molecule has 2 rings (SSSR count). The first-order chi connectivity index (χ1) is 7.15. The summed E-state index contributed by atoms with van der Waals surface area (Å²) >= 11 is 15.5. The van der Waals surface area contributed by atoms with E-state index in [0.29, 0.717) is 14.9 Å². The summed E-state index contributed by atoms with van der Waals surface area (Å²) in [6.07, 6.45) is 5.02. The van der Waals surface area contributed by atoms with Gasteiger partial charge in [-0.15, -0.1) is 0 Å². The lowest BCUT2D eigenvalue weighted by atomic mass is 9.98. The van der Waals surface area contributed by atoms with Gasteiger partial charge in [0.2, 0.25) is 0 Å². The van der Waals surface area contributed by atoms with Gasteiger partial charge in [0.05, 0.1) is 10.0 Å². The van der Waals surface area contributed by atoms with Crippen LogP contribution in [-0.2, 0) is 6.42 Å². The third-order valence-electron chi connectivity index (χ3n) is 2.99. The molecule has 0 aliphatic heterocycles. The van der Waals surface area contributed by atoms with Crippen LogP contribution in [0.25, 0.3) is 0 Å². The van der Waals surface area contributed by atoms with E-state index in [0.717, 1.165) is 12.3 Å². The molecule has 1 aromatic carbocycles. The highest BCUT2D eigenvalue weighted by Gasteiger charge is 2.22. The molecular weight excluding hydrogens is 295 g/mol. The molecule has 1 saturated carbocycles. The van der Waals surface area contributed by atoms with Crippen molar-refractivity contribution in [2.45, 2.75) is 30.5 Å². The fourth-order valence-electron chi connectivity index (χ4n) is 2.20. The minimum absolute atomic E-state index is 0.644. The quantitative estimate of drug-likeness (QED) is 0.667. The Balaban J connectivity index is 2.02. The summed E-state index contributed by atoms with van der Waals surface area (Å²) in [6, 6.07) is 5.96. The number of benzene rings is 1. The fraction of sp³-hybridized carbons (Fsp3) is 0.500. The molecule has 0 radical (unpaired) electrons. The summed E-state index contributed by atoms with van der Waals surface area (Å²) in [7, 11) is 0. The van der Waals surface area contributed by atoms with Crippen molar-refractivity contribution in [2.75, 3.05) is 0 Å². The first kappa shape index (κ1) is 11.8. The lowest BCUT2D eigenvalue weighted by Gasteiger charge is -2.09. The Labute approximate surface area is 109 Å². The average Bonchev–Trinajstić information content (AvgIpc) is 2.58. The van der Waals surface area contributed by atoms with Gasteiger partial charge in [-0.1, -0.05) is 45.2 Å². The molecule has 0 nitrogen and oxygen atoms in total. The predicted octanol–water partition coefficient (Wildman–Crippen LogP) is 5.10. The summed E-state index contributed by atoms with van der Waals surface area (Å²) in [5.41, 5.74) is 1.30. The minimum Gasteiger partial charge on any atom is -0.0891 e. The Hall–Kier alpha value is 0.280. The summed E-state index contributed by atoms with van der Waals surface area (Å²) in [6.45, 7) is 0. The predicted molar refractivity (Wildman–Crippen MR) is 70.2 cm³/mol. The molecule has 15 heavy (non-hydrogen) atoms. The number of hydrogen-bond donors (Lipinski definition) is 0. The normalized spacial score (nSPS) is 25.8. The smallest absolute Gasteiger partial charge is 0.0595 e. The van der Waals surface area contributed by atoms with Crippen molar-refractivity contribution < 1.29 is 0 Å². The Morgan fingerprint density at radius 2 is 2.00 bits per heavy atom. The van der Waals surface area contributed by atoms with Crippen LogP contribution in [0.15, 0.2) is 18.2 Å². The molecule has 0 saturated heterocycles. The van der Waals surface area contributed by atoms with Gasteiger partial charge in [-0.2, -0.15) is 0 Å². The van der Waals surface area contributed by atoms with Gasteiger partial charge in [-0.25, -0.2) is 0 Å². The molecule has 0 N–H and O–H groups in total. The molecule has 82 valence electrons. The van der Waals surface area contributed by atoms with Gasteiger partial charge in [-0.3, -0.25) is 0 Å². The number of hydrogen-bond acceptors (Lipinski definition) is 0. The highest BCUT2D eigenvalue weighted by molar-refractivity contribution is 9.09. The third-order valence-corrected chi connectivity index (χ3v) is 4.56. The third kappa shape index (κ3) is 3.12. The topological polar surface area (TPSA) is 0 Å². The first-order valence-corrected chi connectivity index (χ1v) is 6.90. The Bertz CT molecular complexity index is 351. The van der Waals surface area contributed by atoms with Gasteiger partial charge >= 0.3 is 0 Å². The van der Waals surface area contributed by atoms with Gasteiger partial charge in [0.1, 0.15) is 0 Å². The van der Waals surface area contributed by atoms with Gasteiger partial charge in [0.15, 0.2) is 0 Å². The maximum Gasteiger partial charge on any atom is 0.0595 e. The van der Waals surface area contributed by atoms with Gasteiger partial charge in [0, 0.05) is 4.83 Å². The molecule has 0 amide bonds. The van der Waals surface area contributed by atoms with Gasteiger partial charge in [-0.05, 0) is 49.3 Å². The molecule has 0 heterocycles. The number of halogens is 3. The SMILES string of the molecule is Clc1ccc(CC2CCC(Br)C2)cc1Cl. The zero-order valence-corrected chi connectivity index (χ0v) is 11.4. The number of rotatable bonds is 2. The van der Waals surface area contributed by atoms with E-state index in [9.17, 15) is 0 Å². The molecule has 0 spiro atoms. The molecule has 2 atom stereocenters. The molecule has 1 fully saturated rings. The van der Waals surface area contributed by atoms with Crippen molar-refractivity contribution in [3.63, 3.8) is 0 Å². The lowest BCUT2D eigenvalue weighted by Crippen LogP contribution is -2.00. The van der Waals surface area contributed by atoms with E-state index in [1.165, 1.54) is 24.8 Å². The van der Waals surface area contributed by atoms with E-state index in [1.54, 1.807) is 0 Å². The van der Waals surface area contributed by atoms with Crippen LogP contribution in [0.3, 0.4) is 0 Å². The van der Waals surface area contributed by atoms with Crippen LogP contribution in [0.1, 0.15) is 24.8 Å². The van der Waals surface area contributed by atoms with Crippen molar-refractivity contribution in [2.24, 2.45) is 5.92 Å². The van der Waals surface area contributed by atoms with Crippen LogP contribution in [0.5, 0.6) is 0 Å². The Morgan fingerprint density at radius 3 is 2.60 bits per heavy atom. The first-order valence-electron chi connectivity index (χ1n) is 5.23. The summed E-state index contributed by atoms with van der Waals surface area (Å²) < 4.78 is 0. The van der Waals surface area contributed by atoms with Crippen molar-refractivity contribution >= 4 is 39.1 Å². The minimum atomic E-state index is 0.644. The standard InChI is InChI=1S/C12H13BrCl2/c13-10-3-1-8(6-10)5-9-2-4-11(14)12(15)7-9/h2,4,7-8,10H,1,3,5-6H2. The second kappa shape index (κ2) is 5.07. The van der Waals surface area contributed by atoms with E-state index in [1.807, 2.05) is 12.1 Å². The second-order valence-electron chi connectivity index (χ2n) is 4.23. The summed E-state index contributed by atoms with van der Waals surface area (Å²) in [4.78, 5) is 0.713. The van der Waals surface area contributed by atoms with Crippen LogP contribution in [0.4, 0.5) is 0 Å². The average molecular weight is 308 g/mol. The largest absolute Gasteiger partial charge is 0.0891 e. The van der Waals surface area contributed by atoms with Crippen LogP contribution >= 0.6 is 39.1 Å². The molecule has 0 aromatic heterocycles. The summed E-state index contributed by atoms with van der Waals surface area (Å²) in [5.74, 6) is 0.798. The van der Waals surface area contributed by atoms with Crippen molar-refractivity contribution in [3.05, 3.63) is 33.8 Å². The van der Waals surface area contributed by atoms with Crippen LogP contribution < -0.4 is 0 Å². The van der Waals surface area contributed by atoms with Crippen LogP contribution in [0.2, 0.25) is 10.0 Å². The van der Waals surface area contributed by atoms with Crippen molar-refractivity contribution in [1.29, 1.82) is 0 Å². The van der Waals surface area contributed by atoms with Gasteiger partial charge < -0.3 is 0 Å². The van der Waals surface area contributed by atoms with E-state index < -0.39 is 0 Å². The highest BCUT2D eigenvalue weighted by atomic mass is 79.9. The monoisotopic (exact) mass is 306 g/mol. The zero-order chi connectivity index (χ0) is 10.8. The van der Waals surface area contributed by atoms with Crippen LogP contribution in [0, 0.1) is 5.92 Å². The van der Waals surface area contributed by atoms with Gasteiger partial charge in [0.25, 0.3) is 0 Å². The van der Waals surface area contributed by atoms with Crippen molar-refractivity contribution in [3.8, 4) is 0 Å². The van der Waals surface area contributed by atoms with Crippen molar-refractivity contribution in [1.82, 2.24) is 0 Å². The molecule has 1 aromatic rings. The van der Waals surface area contributed by atoms with E-state index in [4.69, 9.17) is 23.2 Å². The highest BCUT2D eigenvalue weighted by Crippen LogP contribution is 2.33. The Morgan fingerprint density at radius 1 is 1.20 bits per heavy atom.